The fraction of sp³-hybridized carbons (Fsp3) is 0.0556. The van der Waals surface area contributed by atoms with Crippen LogP contribution < -0.4 is 16.2 Å². The van der Waals surface area contributed by atoms with E-state index in [9.17, 15) is 19.3 Å². The first-order valence-corrected chi connectivity index (χ1v) is 8.14. The van der Waals surface area contributed by atoms with Crippen LogP contribution in [0.2, 0.25) is 0 Å². The van der Waals surface area contributed by atoms with Crippen LogP contribution in [0.25, 0.3) is 0 Å². The number of aromatic nitrogens is 2. The number of amides is 1. The molecule has 0 saturated carbocycles. The summed E-state index contributed by atoms with van der Waals surface area (Å²) in [6, 6.07) is 14.7. The van der Waals surface area contributed by atoms with E-state index in [4.69, 9.17) is 0 Å². The van der Waals surface area contributed by atoms with Gasteiger partial charge in [-0.3, -0.25) is 25.8 Å². The lowest BCUT2D eigenvalue weighted by molar-refractivity contribution is -0.383. The van der Waals surface area contributed by atoms with Crippen LogP contribution in [0, 0.1) is 15.9 Å². The lowest BCUT2D eigenvalue weighted by Crippen LogP contribution is -2.31. The molecule has 0 bridgehead atoms. The minimum Gasteiger partial charge on any atom is -0.332 e. The SMILES string of the molecule is O=C(Cc1ccccc1)NNc1ncnc(Nc2ccccc2F)c1[N+](=O)[O-]. The van der Waals surface area contributed by atoms with E-state index in [1.807, 2.05) is 6.07 Å². The van der Waals surface area contributed by atoms with Gasteiger partial charge in [0, 0.05) is 0 Å². The molecule has 28 heavy (non-hydrogen) atoms. The van der Waals surface area contributed by atoms with E-state index >= 15 is 0 Å². The minimum atomic E-state index is -0.727. The highest BCUT2D eigenvalue weighted by molar-refractivity contribution is 5.81. The zero-order valence-electron chi connectivity index (χ0n) is 14.4. The summed E-state index contributed by atoms with van der Waals surface area (Å²) in [5, 5.41) is 14.1. The number of hydrazine groups is 1. The number of anilines is 3. The van der Waals surface area contributed by atoms with Crippen LogP contribution in [0.1, 0.15) is 5.56 Å². The van der Waals surface area contributed by atoms with Crippen molar-refractivity contribution in [2.75, 3.05) is 10.7 Å². The first-order chi connectivity index (χ1) is 13.5. The Hall–Kier alpha value is -4.08. The molecule has 0 aliphatic heterocycles. The highest BCUT2D eigenvalue weighted by Gasteiger charge is 2.24. The molecule has 0 saturated heterocycles. The quantitative estimate of drug-likeness (QED) is 0.424. The van der Waals surface area contributed by atoms with Crippen molar-refractivity contribution in [1.82, 2.24) is 15.4 Å². The molecule has 142 valence electrons. The molecule has 9 nitrogen and oxygen atoms in total. The molecule has 2 aromatic carbocycles. The maximum atomic E-state index is 13.8. The second-order valence-electron chi connectivity index (χ2n) is 5.62. The van der Waals surface area contributed by atoms with Crippen LogP contribution in [0.4, 0.5) is 27.4 Å². The maximum absolute atomic E-state index is 13.8. The Labute approximate surface area is 158 Å². The number of hydrogen-bond donors (Lipinski definition) is 3. The molecule has 1 aromatic heterocycles. The number of nitrogens with zero attached hydrogens (tertiary/aromatic N) is 3. The Morgan fingerprint density at radius 1 is 1.04 bits per heavy atom. The van der Waals surface area contributed by atoms with Crippen LogP contribution >= 0.6 is 0 Å². The van der Waals surface area contributed by atoms with Crippen molar-refractivity contribution in [3.63, 3.8) is 0 Å². The van der Waals surface area contributed by atoms with Gasteiger partial charge in [-0.1, -0.05) is 42.5 Å². The number of halogens is 1. The van der Waals surface area contributed by atoms with Crippen LogP contribution in [0.3, 0.4) is 0 Å². The van der Waals surface area contributed by atoms with Gasteiger partial charge in [-0.15, -0.1) is 0 Å². The zero-order chi connectivity index (χ0) is 19.9. The Bertz CT molecular complexity index is 1000. The normalized spacial score (nSPS) is 10.2. The monoisotopic (exact) mass is 382 g/mol. The van der Waals surface area contributed by atoms with Crippen molar-refractivity contribution in [2.24, 2.45) is 0 Å². The average molecular weight is 382 g/mol. The highest BCUT2D eigenvalue weighted by Crippen LogP contribution is 2.31. The summed E-state index contributed by atoms with van der Waals surface area (Å²) in [6.45, 7) is 0. The van der Waals surface area contributed by atoms with E-state index in [2.05, 4.69) is 26.1 Å². The van der Waals surface area contributed by atoms with Gasteiger partial charge in [0.05, 0.1) is 17.0 Å². The van der Waals surface area contributed by atoms with Crippen molar-refractivity contribution >= 4 is 28.9 Å². The molecule has 0 spiro atoms. The van der Waals surface area contributed by atoms with Crippen LogP contribution in [-0.2, 0) is 11.2 Å². The first kappa shape index (κ1) is 18.7. The number of carbonyl (C=O) groups excluding carboxylic acids is 1. The summed E-state index contributed by atoms with van der Waals surface area (Å²) in [5.74, 6) is -1.46. The molecular formula is C18H15FN6O3. The van der Waals surface area contributed by atoms with E-state index in [0.717, 1.165) is 11.9 Å². The number of carbonyl (C=O) groups is 1. The fourth-order valence-corrected chi connectivity index (χ4v) is 2.38. The third kappa shape index (κ3) is 4.55. The van der Waals surface area contributed by atoms with Crippen molar-refractivity contribution < 1.29 is 14.1 Å². The van der Waals surface area contributed by atoms with E-state index < -0.39 is 22.3 Å². The number of hydrogen-bond acceptors (Lipinski definition) is 7. The van der Waals surface area contributed by atoms with Gasteiger partial charge in [0.25, 0.3) is 0 Å². The predicted octanol–water partition coefficient (Wildman–Crippen LogP) is 2.95. The van der Waals surface area contributed by atoms with Crippen LogP contribution in [-0.4, -0.2) is 20.8 Å². The minimum absolute atomic E-state index is 0.0170. The average Bonchev–Trinajstić information content (AvgIpc) is 2.69. The topological polar surface area (TPSA) is 122 Å². The van der Waals surface area contributed by atoms with E-state index in [0.29, 0.717) is 0 Å². The van der Waals surface area contributed by atoms with Gasteiger partial charge in [0.2, 0.25) is 17.5 Å². The summed E-state index contributed by atoms with van der Waals surface area (Å²) in [4.78, 5) is 30.4. The number of rotatable bonds is 7. The second kappa shape index (κ2) is 8.54. The second-order valence-corrected chi connectivity index (χ2v) is 5.62. The summed E-state index contributed by atoms with van der Waals surface area (Å²) in [5.41, 5.74) is 5.05. The zero-order valence-corrected chi connectivity index (χ0v) is 14.4. The first-order valence-electron chi connectivity index (χ1n) is 8.14. The summed E-state index contributed by atoms with van der Waals surface area (Å²) < 4.78 is 13.8. The van der Waals surface area contributed by atoms with Gasteiger partial charge in [-0.05, 0) is 17.7 Å². The Kier molecular flexibility index (Phi) is 5.70. The van der Waals surface area contributed by atoms with E-state index in [-0.39, 0.29) is 23.7 Å². The molecule has 1 heterocycles. The van der Waals surface area contributed by atoms with Gasteiger partial charge in [0.15, 0.2) is 0 Å². The lowest BCUT2D eigenvalue weighted by Gasteiger charge is -2.11. The number of nitrogens with one attached hydrogen (secondary N) is 3. The number of para-hydroxylation sites is 1. The molecule has 3 aromatic rings. The maximum Gasteiger partial charge on any atom is 0.355 e. The smallest absolute Gasteiger partial charge is 0.332 e. The molecule has 1 amide bonds. The molecule has 10 heteroatoms. The van der Waals surface area contributed by atoms with Gasteiger partial charge in [-0.2, -0.15) is 0 Å². The van der Waals surface area contributed by atoms with Crippen LogP contribution in [0.5, 0.6) is 0 Å². The Morgan fingerprint density at radius 2 is 1.71 bits per heavy atom. The van der Waals surface area contributed by atoms with Gasteiger partial charge in [0.1, 0.15) is 12.1 Å². The fourth-order valence-electron chi connectivity index (χ4n) is 2.38. The van der Waals surface area contributed by atoms with Gasteiger partial charge < -0.3 is 5.32 Å². The molecule has 0 aliphatic carbocycles. The van der Waals surface area contributed by atoms with E-state index in [1.54, 1.807) is 30.3 Å². The third-order valence-corrected chi connectivity index (χ3v) is 3.66. The van der Waals surface area contributed by atoms with Crippen molar-refractivity contribution in [3.05, 3.63) is 82.4 Å². The van der Waals surface area contributed by atoms with Gasteiger partial charge in [-0.25, -0.2) is 14.4 Å². The summed E-state index contributed by atoms with van der Waals surface area (Å²) in [7, 11) is 0. The molecule has 0 aliphatic rings. The molecule has 0 atom stereocenters. The van der Waals surface area contributed by atoms with Crippen molar-refractivity contribution in [1.29, 1.82) is 0 Å². The largest absolute Gasteiger partial charge is 0.355 e. The number of nitro groups is 1. The Morgan fingerprint density at radius 3 is 2.43 bits per heavy atom. The van der Waals surface area contributed by atoms with Crippen molar-refractivity contribution in [3.8, 4) is 0 Å². The van der Waals surface area contributed by atoms with Crippen molar-refractivity contribution in [2.45, 2.75) is 6.42 Å². The summed E-state index contributed by atoms with van der Waals surface area (Å²) >= 11 is 0. The van der Waals surface area contributed by atoms with Crippen LogP contribution in [0.15, 0.2) is 60.9 Å². The molecule has 3 N–H and O–H groups in total. The highest BCUT2D eigenvalue weighted by atomic mass is 19.1. The molecule has 0 fully saturated rings. The molecular weight excluding hydrogens is 367 g/mol. The molecule has 3 rings (SSSR count). The lowest BCUT2D eigenvalue weighted by atomic mass is 10.1. The predicted molar refractivity (Wildman–Crippen MR) is 100 cm³/mol. The molecule has 0 radical (unpaired) electrons. The third-order valence-electron chi connectivity index (χ3n) is 3.66. The number of benzene rings is 2. The standard InChI is InChI=1S/C18H15FN6O3/c19-13-8-4-5-9-14(13)22-17-16(25(27)28)18(21-11-20-17)24-23-15(26)10-12-6-2-1-3-7-12/h1-9,11H,10H2,(H,23,26)(H2,20,21,22,24). The van der Waals surface area contributed by atoms with E-state index in [1.165, 1.54) is 18.2 Å². The summed E-state index contributed by atoms with van der Waals surface area (Å²) in [6.07, 6.45) is 1.13. The molecule has 0 unspecified atom stereocenters. The van der Waals surface area contributed by atoms with Gasteiger partial charge >= 0.3 is 5.69 Å². The Balaban J connectivity index is 1.76.